The highest BCUT2D eigenvalue weighted by molar-refractivity contribution is 5.43. The average Bonchev–Trinajstić information content (AvgIpc) is 2.19. The van der Waals surface area contributed by atoms with E-state index in [2.05, 4.69) is 19.1 Å². The van der Waals surface area contributed by atoms with Gasteiger partial charge in [-0.05, 0) is 12.5 Å². The molecule has 1 aliphatic carbocycles. The van der Waals surface area contributed by atoms with Crippen molar-refractivity contribution in [2.75, 3.05) is 0 Å². The smallest absolute Gasteiger partial charge is 0.119 e. The summed E-state index contributed by atoms with van der Waals surface area (Å²) in [6.45, 7) is 2.14. The second-order valence-corrected chi connectivity index (χ2v) is 3.93. The van der Waals surface area contributed by atoms with E-state index >= 15 is 0 Å². The maximum absolute atomic E-state index is 9.77. The first-order valence-electron chi connectivity index (χ1n) is 4.85. The molecule has 1 unspecified atom stereocenters. The number of phenolic OH excluding ortho intramolecular Hbond substituents is 1. The van der Waals surface area contributed by atoms with Crippen molar-refractivity contribution in [2.24, 2.45) is 0 Å². The van der Waals surface area contributed by atoms with Gasteiger partial charge in [-0.1, -0.05) is 49.4 Å². The summed E-state index contributed by atoms with van der Waals surface area (Å²) in [5.41, 5.74) is 0.945. The quantitative estimate of drug-likeness (QED) is 0.714. The second-order valence-electron chi connectivity index (χ2n) is 3.93. The van der Waals surface area contributed by atoms with Crippen LogP contribution in [0.3, 0.4) is 0 Å². The molecule has 1 heteroatoms. The standard InChI is InChI=1S/C13H14O/c1-13(9-5-2-6-10-13)11-7-3-4-8-12(11)14/h2-9,14H,10H2,1H3. The number of phenols is 1. The van der Waals surface area contributed by atoms with E-state index in [1.807, 2.05) is 30.4 Å². The van der Waals surface area contributed by atoms with Crippen LogP contribution >= 0.6 is 0 Å². The van der Waals surface area contributed by atoms with Crippen molar-refractivity contribution in [3.63, 3.8) is 0 Å². The van der Waals surface area contributed by atoms with E-state index in [-0.39, 0.29) is 5.41 Å². The molecule has 0 fully saturated rings. The SMILES string of the molecule is CC1(c2ccccc2O)C=CC=CC1. The maximum atomic E-state index is 9.77. The van der Waals surface area contributed by atoms with Crippen LogP contribution in [0.25, 0.3) is 0 Å². The number of para-hydroxylation sites is 1. The van der Waals surface area contributed by atoms with E-state index < -0.39 is 0 Å². The predicted octanol–water partition coefficient (Wildman–Crippen LogP) is 3.17. The minimum Gasteiger partial charge on any atom is -0.508 e. The van der Waals surface area contributed by atoms with Crippen molar-refractivity contribution >= 4 is 0 Å². The highest BCUT2D eigenvalue weighted by Crippen LogP contribution is 2.36. The summed E-state index contributed by atoms with van der Waals surface area (Å²) in [6.07, 6.45) is 9.30. The van der Waals surface area contributed by atoms with Crippen molar-refractivity contribution < 1.29 is 5.11 Å². The first-order valence-corrected chi connectivity index (χ1v) is 4.85. The van der Waals surface area contributed by atoms with Crippen LogP contribution in [-0.4, -0.2) is 5.11 Å². The normalized spacial score (nSPS) is 25.2. The van der Waals surface area contributed by atoms with Crippen molar-refractivity contribution in [2.45, 2.75) is 18.8 Å². The van der Waals surface area contributed by atoms with Crippen LogP contribution in [-0.2, 0) is 5.41 Å². The Morgan fingerprint density at radius 2 is 2.00 bits per heavy atom. The summed E-state index contributed by atoms with van der Waals surface area (Å²) in [5, 5.41) is 9.77. The van der Waals surface area contributed by atoms with Gasteiger partial charge in [0.05, 0.1) is 0 Å². The van der Waals surface area contributed by atoms with Crippen LogP contribution in [0.5, 0.6) is 5.75 Å². The Morgan fingerprint density at radius 1 is 1.21 bits per heavy atom. The van der Waals surface area contributed by atoms with Crippen molar-refractivity contribution in [1.29, 1.82) is 0 Å². The van der Waals surface area contributed by atoms with E-state index in [9.17, 15) is 5.11 Å². The second kappa shape index (κ2) is 3.33. The van der Waals surface area contributed by atoms with Crippen molar-refractivity contribution in [3.05, 3.63) is 54.1 Å². The third-order valence-corrected chi connectivity index (χ3v) is 2.77. The lowest BCUT2D eigenvalue weighted by Crippen LogP contribution is -2.19. The molecule has 0 saturated carbocycles. The fraction of sp³-hybridized carbons (Fsp3) is 0.231. The van der Waals surface area contributed by atoms with E-state index in [1.54, 1.807) is 6.07 Å². The third-order valence-electron chi connectivity index (χ3n) is 2.77. The number of allylic oxidation sites excluding steroid dienone is 4. The zero-order valence-corrected chi connectivity index (χ0v) is 8.27. The minimum absolute atomic E-state index is 0.0555. The molecule has 0 aliphatic heterocycles. The molecule has 2 rings (SSSR count). The summed E-state index contributed by atoms with van der Waals surface area (Å²) >= 11 is 0. The summed E-state index contributed by atoms with van der Waals surface area (Å²) < 4.78 is 0. The van der Waals surface area contributed by atoms with Gasteiger partial charge < -0.3 is 5.11 Å². The number of rotatable bonds is 1. The molecule has 1 aliphatic rings. The van der Waals surface area contributed by atoms with Crippen molar-refractivity contribution in [1.82, 2.24) is 0 Å². The van der Waals surface area contributed by atoms with Gasteiger partial charge in [-0.3, -0.25) is 0 Å². The predicted molar refractivity (Wildman–Crippen MR) is 58.4 cm³/mol. The molecular formula is C13H14O. The Morgan fingerprint density at radius 3 is 2.64 bits per heavy atom. The molecule has 1 aromatic rings. The first-order chi connectivity index (χ1) is 6.72. The molecule has 0 radical (unpaired) electrons. The molecule has 1 aromatic carbocycles. The summed E-state index contributed by atoms with van der Waals surface area (Å²) in [6, 6.07) is 7.54. The fourth-order valence-electron chi connectivity index (χ4n) is 1.88. The molecule has 1 nitrogen and oxygen atoms in total. The minimum atomic E-state index is -0.0555. The van der Waals surface area contributed by atoms with Gasteiger partial charge >= 0.3 is 0 Å². The Kier molecular flexibility index (Phi) is 2.16. The Balaban J connectivity index is 2.44. The molecule has 1 N–H and O–H groups in total. The highest BCUT2D eigenvalue weighted by Gasteiger charge is 2.25. The molecule has 0 aromatic heterocycles. The summed E-state index contributed by atoms with van der Waals surface area (Å²) in [7, 11) is 0. The zero-order valence-electron chi connectivity index (χ0n) is 8.27. The number of hydrogen-bond donors (Lipinski definition) is 1. The highest BCUT2D eigenvalue weighted by atomic mass is 16.3. The number of hydrogen-bond acceptors (Lipinski definition) is 1. The maximum Gasteiger partial charge on any atom is 0.119 e. The molecule has 0 amide bonds. The lowest BCUT2D eigenvalue weighted by molar-refractivity contribution is 0.449. The van der Waals surface area contributed by atoms with Crippen LogP contribution in [0, 0.1) is 0 Å². The molecular weight excluding hydrogens is 172 g/mol. The molecule has 0 spiro atoms. The Labute approximate surface area is 84.4 Å². The molecule has 0 bridgehead atoms. The average molecular weight is 186 g/mol. The molecule has 1 atom stereocenters. The van der Waals surface area contributed by atoms with Gasteiger partial charge in [0.25, 0.3) is 0 Å². The van der Waals surface area contributed by atoms with Crippen LogP contribution in [0.1, 0.15) is 18.9 Å². The van der Waals surface area contributed by atoms with Crippen molar-refractivity contribution in [3.8, 4) is 5.75 Å². The lowest BCUT2D eigenvalue weighted by atomic mass is 9.77. The molecule has 0 saturated heterocycles. The number of aromatic hydroxyl groups is 1. The van der Waals surface area contributed by atoms with E-state index in [4.69, 9.17) is 0 Å². The summed E-state index contributed by atoms with van der Waals surface area (Å²) in [5.74, 6) is 0.384. The molecule has 0 heterocycles. The van der Waals surface area contributed by atoms with Gasteiger partial charge in [0, 0.05) is 11.0 Å². The van der Waals surface area contributed by atoms with E-state index in [0.717, 1.165) is 12.0 Å². The molecule has 14 heavy (non-hydrogen) atoms. The molecule has 72 valence electrons. The lowest BCUT2D eigenvalue weighted by Gasteiger charge is -2.27. The topological polar surface area (TPSA) is 20.2 Å². The van der Waals surface area contributed by atoms with Crippen LogP contribution in [0.4, 0.5) is 0 Å². The fourth-order valence-corrected chi connectivity index (χ4v) is 1.88. The Bertz CT molecular complexity index is 390. The van der Waals surface area contributed by atoms with E-state index in [1.165, 1.54) is 0 Å². The van der Waals surface area contributed by atoms with Gasteiger partial charge in [-0.25, -0.2) is 0 Å². The zero-order chi connectivity index (χ0) is 10.0. The largest absolute Gasteiger partial charge is 0.508 e. The van der Waals surface area contributed by atoms with Gasteiger partial charge in [-0.2, -0.15) is 0 Å². The van der Waals surface area contributed by atoms with Gasteiger partial charge in [0.2, 0.25) is 0 Å². The van der Waals surface area contributed by atoms with E-state index in [0.29, 0.717) is 5.75 Å². The van der Waals surface area contributed by atoms with Crippen LogP contribution in [0.2, 0.25) is 0 Å². The summed E-state index contributed by atoms with van der Waals surface area (Å²) in [4.78, 5) is 0. The Hall–Kier alpha value is -1.50. The number of benzene rings is 1. The van der Waals surface area contributed by atoms with Gasteiger partial charge in [-0.15, -0.1) is 0 Å². The van der Waals surface area contributed by atoms with Gasteiger partial charge in [0.15, 0.2) is 0 Å². The van der Waals surface area contributed by atoms with Gasteiger partial charge in [0.1, 0.15) is 5.75 Å². The van der Waals surface area contributed by atoms with Crippen LogP contribution in [0.15, 0.2) is 48.6 Å². The monoisotopic (exact) mass is 186 g/mol. The third kappa shape index (κ3) is 1.46. The first kappa shape index (κ1) is 9.07. The van der Waals surface area contributed by atoms with Crippen LogP contribution < -0.4 is 0 Å².